The normalized spacial score (nSPS) is 16.6. The lowest BCUT2D eigenvalue weighted by Crippen LogP contribution is -2.39. The van der Waals surface area contributed by atoms with E-state index in [1.807, 2.05) is 51.1 Å². The molecule has 2 heterocycles. The molecule has 1 aliphatic rings. The van der Waals surface area contributed by atoms with Crippen LogP contribution in [0.5, 0.6) is 11.6 Å². The highest BCUT2D eigenvalue weighted by Crippen LogP contribution is 2.33. The number of ether oxygens (including phenoxy) is 3. The van der Waals surface area contributed by atoms with Crippen LogP contribution in [0.25, 0.3) is 5.69 Å². The Kier molecular flexibility index (Phi) is 9.26. The Morgan fingerprint density at radius 1 is 1.19 bits per heavy atom. The second-order valence-corrected chi connectivity index (χ2v) is 9.66. The Hall–Kier alpha value is -2.85. The molecule has 1 aliphatic heterocycles. The maximum atomic E-state index is 14.6. The first-order valence-electron chi connectivity index (χ1n) is 12.7. The zero-order valence-electron chi connectivity index (χ0n) is 21.6. The van der Waals surface area contributed by atoms with Gasteiger partial charge in [-0.25, -0.2) is 13.5 Å². The molecule has 0 aliphatic carbocycles. The number of rotatable bonds is 12. The van der Waals surface area contributed by atoms with Gasteiger partial charge >= 0.3 is 0 Å². The molecule has 2 aromatic carbocycles. The molecule has 1 fully saturated rings. The molecule has 0 spiro atoms. The van der Waals surface area contributed by atoms with Crippen molar-refractivity contribution >= 4 is 0 Å². The third-order valence-corrected chi connectivity index (χ3v) is 6.20. The van der Waals surface area contributed by atoms with E-state index >= 15 is 0 Å². The van der Waals surface area contributed by atoms with E-state index in [0.29, 0.717) is 31.2 Å². The molecule has 1 N–H and O–H groups in total. The lowest BCUT2D eigenvalue weighted by molar-refractivity contribution is -0.0173. The number of hydrogen-bond donors (Lipinski definition) is 1. The van der Waals surface area contributed by atoms with Gasteiger partial charge in [-0.3, -0.25) is 4.90 Å². The van der Waals surface area contributed by atoms with Crippen LogP contribution in [-0.2, 0) is 16.0 Å². The summed E-state index contributed by atoms with van der Waals surface area (Å²) in [6.45, 7) is 8.01. The summed E-state index contributed by atoms with van der Waals surface area (Å²) < 4.78 is 47.3. The van der Waals surface area contributed by atoms with Gasteiger partial charge in [0.1, 0.15) is 5.82 Å². The molecule has 7 nitrogen and oxygen atoms in total. The van der Waals surface area contributed by atoms with Crippen molar-refractivity contribution in [1.29, 1.82) is 0 Å². The van der Waals surface area contributed by atoms with E-state index in [0.717, 1.165) is 42.8 Å². The van der Waals surface area contributed by atoms with E-state index in [1.165, 1.54) is 6.07 Å². The van der Waals surface area contributed by atoms with Crippen LogP contribution < -0.4 is 4.74 Å². The molecule has 4 rings (SSSR count). The number of aliphatic hydroxyl groups excluding tert-OH is 1. The molecule has 0 saturated carbocycles. The Labute approximate surface area is 216 Å². The van der Waals surface area contributed by atoms with Gasteiger partial charge in [-0.15, -0.1) is 0 Å². The quantitative estimate of drug-likeness (QED) is 0.365. The van der Waals surface area contributed by atoms with Crippen LogP contribution in [0.4, 0.5) is 8.78 Å². The first kappa shape index (κ1) is 27.2. The lowest BCUT2D eigenvalue weighted by atomic mass is 10.1. The van der Waals surface area contributed by atoms with E-state index in [-0.39, 0.29) is 24.6 Å². The largest absolute Gasteiger partial charge is 0.435 e. The first-order chi connectivity index (χ1) is 17.8. The van der Waals surface area contributed by atoms with Crippen LogP contribution in [0.15, 0.2) is 48.5 Å². The molecular formula is C28H35F2N3O4. The van der Waals surface area contributed by atoms with Crippen LogP contribution in [0.3, 0.4) is 0 Å². The van der Waals surface area contributed by atoms with Crippen molar-refractivity contribution in [2.45, 2.75) is 58.5 Å². The minimum Gasteiger partial charge on any atom is -0.435 e. The van der Waals surface area contributed by atoms with Gasteiger partial charge in [-0.1, -0.05) is 18.2 Å². The SMILES string of the molecule is Cc1nn(-c2ccccc2)c(Oc2ccc(F)cc2F)c1CN(C[C@H](O)COC(C)C)C[C@H]1CCCO1. The van der Waals surface area contributed by atoms with Crippen LogP contribution in [0, 0.1) is 18.6 Å². The number of aryl methyl sites for hydroxylation is 1. The molecule has 1 aromatic heterocycles. The Bertz CT molecular complexity index is 1150. The van der Waals surface area contributed by atoms with Gasteiger partial charge in [0.25, 0.3) is 0 Å². The average Bonchev–Trinajstić information content (AvgIpc) is 3.48. The fourth-order valence-electron chi connectivity index (χ4n) is 4.39. The van der Waals surface area contributed by atoms with Crippen molar-refractivity contribution in [3.8, 4) is 17.3 Å². The molecule has 1 saturated heterocycles. The highest BCUT2D eigenvalue weighted by atomic mass is 19.1. The van der Waals surface area contributed by atoms with Crippen molar-refractivity contribution in [2.75, 3.05) is 26.3 Å². The lowest BCUT2D eigenvalue weighted by Gasteiger charge is -2.28. The van der Waals surface area contributed by atoms with E-state index < -0.39 is 17.7 Å². The summed E-state index contributed by atoms with van der Waals surface area (Å²) in [4.78, 5) is 2.09. The Morgan fingerprint density at radius 2 is 1.97 bits per heavy atom. The Balaban J connectivity index is 1.67. The number of aromatic nitrogens is 2. The second kappa shape index (κ2) is 12.6. The zero-order valence-corrected chi connectivity index (χ0v) is 21.6. The molecular weight excluding hydrogens is 480 g/mol. The van der Waals surface area contributed by atoms with Crippen molar-refractivity contribution in [1.82, 2.24) is 14.7 Å². The molecule has 0 bridgehead atoms. The average molecular weight is 516 g/mol. The van der Waals surface area contributed by atoms with Gasteiger partial charge < -0.3 is 19.3 Å². The summed E-state index contributed by atoms with van der Waals surface area (Å²) in [7, 11) is 0. The zero-order chi connectivity index (χ0) is 26.4. The maximum Gasteiger partial charge on any atom is 0.227 e. The number of aliphatic hydroxyl groups is 1. The molecule has 3 aromatic rings. The highest BCUT2D eigenvalue weighted by Gasteiger charge is 2.26. The van der Waals surface area contributed by atoms with Crippen molar-refractivity contribution in [3.63, 3.8) is 0 Å². The number of hydrogen-bond acceptors (Lipinski definition) is 6. The van der Waals surface area contributed by atoms with Gasteiger partial charge in [0, 0.05) is 32.3 Å². The van der Waals surface area contributed by atoms with Gasteiger partial charge in [0.15, 0.2) is 11.6 Å². The first-order valence-corrected chi connectivity index (χ1v) is 12.7. The number of nitrogens with zero attached hydrogens (tertiary/aromatic N) is 3. The predicted octanol–water partition coefficient (Wildman–Crippen LogP) is 5.02. The van der Waals surface area contributed by atoms with E-state index in [4.69, 9.17) is 19.3 Å². The van der Waals surface area contributed by atoms with E-state index in [1.54, 1.807) is 4.68 Å². The van der Waals surface area contributed by atoms with Gasteiger partial charge in [-0.2, -0.15) is 5.10 Å². The van der Waals surface area contributed by atoms with Crippen LogP contribution in [0.2, 0.25) is 0 Å². The predicted molar refractivity (Wildman–Crippen MR) is 136 cm³/mol. The standard InChI is InChI=1S/C28H35F2N3O4/c1-19(2)36-18-23(34)15-32(16-24-10-7-13-35-24)17-25-20(3)31-33(22-8-5-4-6-9-22)28(25)37-27-12-11-21(29)14-26(27)30/h4-6,8-9,11-12,14,19,23-24,34H,7,10,13,15-18H2,1-3H3/t23-,24+/m0/s1. The van der Waals surface area contributed by atoms with E-state index in [2.05, 4.69) is 4.90 Å². The maximum absolute atomic E-state index is 14.6. The van der Waals surface area contributed by atoms with Gasteiger partial charge in [0.05, 0.1) is 41.9 Å². The summed E-state index contributed by atoms with van der Waals surface area (Å²) >= 11 is 0. The Morgan fingerprint density at radius 3 is 2.65 bits per heavy atom. The third-order valence-electron chi connectivity index (χ3n) is 6.20. The second-order valence-electron chi connectivity index (χ2n) is 9.66. The van der Waals surface area contributed by atoms with Crippen molar-refractivity contribution in [2.24, 2.45) is 0 Å². The number of para-hydroxylation sites is 1. The van der Waals surface area contributed by atoms with Crippen LogP contribution in [0.1, 0.15) is 37.9 Å². The third kappa shape index (κ3) is 7.35. The topological polar surface area (TPSA) is 69.0 Å². The monoisotopic (exact) mass is 515 g/mol. The molecule has 200 valence electrons. The smallest absolute Gasteiger partial charge is 0.227 e. The minimum absolute atomic E-state index is 0.0122. The number of benzene rings is 2. The van der Waals surface area contributed by atoms with Gasteiger partial charge in [-0.05, 0) is 57.9 Å². The molecule has 0 unspecified atom stereocenters. The molecule has 0 amide bonds. The summed E-state index contributed by atoms with van der Waals surface area (Å²) in [6, 6.07) is 12.6. The molecule has 37 heavy (non-hydrogen) atoms. The minimum atomic E-state index is -0.804. The highest BCUT2D eigenvalue weighted by molar-refractivity contribution is 5.43. The summed E-state index contributed by atoms with van der Waals surface area (Å²) in [5.41, 5.74) is 2.18. The fraction of sp³-hybridized carbons (Fsp3) is 0.464. The van der Waals surface area contributed by atoms with Crippen molar-refractivity contribution in [3.05, 3.63) is 71.4 Å². The van der Waals surface area contributed by atoms with Crippen LogP contribution in [-0.4, -0.2) is 64.4 Å². The van der Waals surface area contributed by atoms with Crippen LogP contribution >= 0.6 is 0 Å². The molecule has 2 atom stereocenters. The summed E-state index contributed by atoms with van der Waals surface area (Å²) in [5.74, 6) is -1.25. The van der Waals surface area contributed by atoms with Gasteiger partial charge in [0.2, 0.25) is 5.88 Å². The fourth-order valence-corrected chi connectivity index (χ4v) is 4.39. The summed E-state index contributed by atoms with van der Waals surface area (Å²) in [5, 5.41) is 15.4. The number of halogens is 2. The molecule has 0 radical (unpaired) electrons. The summed E-state index contributed by atoms with van der Waals surface area (Å²) in [6.07, 6.45) is 1.31. The molecule has 9 heteroatoms. The van der Waals surface area contributed by atoms with Crippen molar-refractivity contribution < 1.29 is 28.1 Å². The van der Waals surface area contributed by atoms with E-state index in [9.17, 15) is 13.9 Å².